The molecular weight excluding hydrogens is 256 g/mol. The fraction of sp³-hybridized carbons (Fsp3) is 0.438. The van der Waals surface area contributed by atoms with Gasteiger partial charge in [-0.1, -0.05) is 11.6 Å². The Kier molecular flexibility index (Phi) is 3.14. The molecule has 0 radical (unpaired) electrons. The molecule has 1 aromatic carbocycles. The molecule has 0 spiro atoms. The average molecular weight is 275 g/mol. The molecule has 0 saturated carbocycles. The van der Waals surface area contributed by atoms with E-state index in [2.05, 4.69) is 29.7 Å². The molecule has 1 aliphatic heterocycles. The number of hydrogen-bond donors (Lipinski definition) is 0. The second-order valence-corrected chi connectivity index (χ2v) is 5.53. The van der Waals surface area contributed by atoms with Gasteiger partial charge in [-0.05, 0) is 50.3 Å². The third-order valence-electron chi connectivity index (χ3n) is 4.28. The Morgan fingerprint density at radius 1 is 1.16 bits per heavy atom. The molecule has 2 heterocycles. The number of aromatic nitrogens is 1. The Morgan fingerprint density at radius 2 is 2.05 bits per heavy atom. The van der Waals surface area contributed by atoms with Crippen molar-refractivity contribution in [3.63, 3.8) is 0 Å². The Balaban J connectivity index is 0.00000110. The lowest BCUT2D eigenvalue weighted by atomic mass is 9.93. The van der Waals surface area contributed by atoms with Crippen LogP contribution in [0.2, 0.25) is 0 Å². The molecule has 19 heavy (non-hydrogen) atoms. The minimum Gasteiger partial charge on any atom is -0.339 e. The van der Waals surface area contributed by atoms with E-state index in [0.717, 1.165) is 13.1 Å². The van der Waals surface area contributed by atoms with Crippen molar-refractivity contribution in [1.29, 1.82) is 0 Å². The molecule has 0 atom stereocenters. The summed E-state index contributed by atoms with van der Waals surface area (Å²) in [6, 6.07) is 6.89. The van der Waals surface area contributed by atoms with Crippen molar-refractivity contribution in [3.8, 4) is 0 Å². The van der Waals surface area contributed by atoms with Crippen LogP contribution in [-0.4, -0.2) is 16.8 Å². The van der Waals surface area contributed by atoms with E-state index < -0.39 is 0 Å². The van der Waals surface area contributed by atoms with Crippen molar-refractivity contribution in [3.05, 3.63) is 35.0 Å². The highest BCUT2D eigenvalue weighted by Gasteiger charge is 2.25. The monoisotopic (exact) mass is 274 g/mol. The summed E-state index contributed by atoms with van der Waals surface area (Å²) in [5.41, 5.74) is 7.16. The summed E-state index contributed by atoms with van der Waals surface area (Å²) in [6.45, 7) is 4.32. The van der Waals surface area contributed by atoms with E-state index in [1.54, 1.807) is 5.56 Å². The molecule has 0 N–H and O–H groups in total. The first-order valence-corrected chi connectivity index (χ1v) is 7.00. The van der Waals surface area contributed by atoms with Crippen LogP contribution >= 0.6 is 12.4 Å². The van der Waals surface area contributed by atoms with Crippen molar-refractivity contribution in [2.75, 3.05) is 6.54 Å². The first kappa shape index (κ1) is 12.7. The molecule has 0 unspecified atom stereocenters. The van der Waals surface area contributed by atoms with Crippen LogP contribution in [0.3, 0.4) is 0 Å². The Morgan fingerprint density at radius 3 is 2.95 bits per heavy atom. The minimum absolute atomic E-state index is 0. The lowest BCUT2D eigenvalue weighted by Gasteiger charge is -2.16. The summed E-state index contributed by atoms with van der Waals surface area (Å²) < 4.78 is 2.52. The van der Waals surface area contributed by atoms with Gasteiger partial charge in [0.1, 0.15) is 0 Å². The summed E-state index contributed by atoms with van der Waals surface area (Å²) in [5.74, 6) is 0. The highest BCUT2D eigenvalue weighted by Crippen LogP contribution is 2.34. The van der Waals surface area contributed by atoms with Gasteiger partial charge >= 0.3 is 0 Å². The van der Waals surface area contributed by atoms with Crippen molar-refractivity contribution in [2.24, 2.45) is 4.99 Å². The fourth-order valence-electron chi connectivity index (χ4n) is 3.50. The van der Waals surface area contributed by atoms with Crippen molar-refractivity contribution >= 4 is 29.0 Å². The summed E-state index contributed by atoms with van der Waals surface area (Å²) in [5, 5.41) is 1.47. The maximum Gasteiger partial charge on any atom is 0.0664 e. The van der Waals surface area contributed by atoms with Gasteiger partial charge in [-0.3, -0.25) is 4.99 Å². The number of aliphatic imine (C=N–C) groups is 1. The van der Waals surface area contributed by atoms with E-state index >= 15 is 0 Å². The van der Waals surface area contributed by atoms with Gasteiger partial charge in [0.15, 0.2) is 0 Å². The molecule has 0 bridgehead atoms. The summed E-state index contributed by atoms with van der Waals surface area (Å²) >= 11 is 0. The van der Waals surface area contributed by atoms with Crippen LogP contribution in [0.4, 0.5) is 0 Å². The molecule has 4 rings (SSSR count). The molecule has 2 aliphatic rings. The number of halogens is 1. The van der Waals surface area contributed by atoms with Crippen LogP contribution in [0.5, 0.6) is 0 Å². The van der Waals surface area contributed by atoms with Crippen LogP contribution < -0.4 is 0 Å². The minimum atomic E-state index is 0. The number of nitrogens with zero attached hydrogens (tertiary/aromatic N) is 2. The Hall–Kier alpha value is -1.28. The fourth-order valence-corrected chi connectivity index (χ4v) is 3.50. The van der Waals surface area contributed by atoms with Crippen molar-refractivity contribution in [2.45, 2.75) is 39.2 Å². The zero-order valence-electron chi connectivity index (χ0n) is 11.3. The van der Waals surface area contributed by atoms with E-state index in [4.69, 9.17) is 4.99 Å². The second kappa shape index (κ2) is 4.68. The first-order chi connectivity index (χ1) is 8.84. The molecule has 1 aromatic heterocycles. The number of fused-ring (bicyclic) bond motifs is 3. The second-order valence-electron chi connectivity index (χ2n) is 5.53. The summed E-state index contributed by atoms with van der Waals surface area (Å²) in [7, 11) is 0. The molecule has 0 amide bonds. The molecule has 1 aliphatic carbocycles. The van der Waals surface area contributed by atoms with Gasteiger partial charge in [0, 0.05) is 24.0 Å². The highest BCUT2D eigenvalue weighted by atomic mass is 35.5. The molecule has 0 fully saturated rings. The topological polar surface area (TPSA) is 17.3 Å². The van der Waals surface area contributed by atoms with Gasteiger partial charge in [-0.2, -0.15) is 0 Å². The van der Waals surface area contributed by atoms with Gasteiger partial charge in [0.2, 0.25) is 0 Å². The summed E-state index contributed by atoms with van der Waals surface area (Å²) in [6.07, 6.45) is 4.83. The van der Waals surface area contributed by atoms with Gasteiger partial charge < -0.3 is 4.57 Å². The van der Waals surface area contributed by atoms with Crippen molar-refractivity contribution < 1.29 is 0 Å². The first-order valence-electron chi connectivity index (χ1n) is 7.00. The third-order valence-corrected chi connectivity index (χ3v) is 4.28. The van der Waals surface area contributed by atoms with Crippen LogP contribution in [0.15, 0.2) is 23.2 Å². The summed E-state index contributed by atoms with van der Waals surface area (Å²) in [4.78, 5) is 4.81. The van der Waals surface area contributed by atoms with Crippen LogP contribution in [0.25, 0.3) is 10.9 Å². The van der Waals surface area contributed by atoms with Crippen LogP contribution in [0, 0.1) is 6.92 Å². The lowest BCUT2D eigenvalue weighted by molar-refractivity contribution is 0.677. The predicted octanol–water partition coefficient (Wildman–Crippen LogP) is 3.90. The maximum atomic E-state index is 4.81. The van der Waals surface area contributed by atoms with Crippen LogP contribution in [-0.2, 0) is 13.0 Å². The largest absolute Gasteiger partial charge is 0.339 e. The SMILES string of the molecule is Cc1ccc2c(c1)c1c3n2CCCN=C3CCC1.Cl. The standard InChI is InChI=1S/C16H18N2.ClH/c1-11-6-7-15-13(10-11)12-4-2-5-14-16(12)18(15)9-3-8-17-14;/h6-7,10H,2-5,8-9H2,1H3;1H. The quantitative estimate of drug-likeness (QED) is 0.693. The zero-order chi connectivity index (χ0) is 12.1. The van der Waals surface area contributed by atoms with E-state index in [-0.39, 0.29) is 12.4 Å². The Bertz CT molecular complexity index is 667. The molecule has 100 valence electrons. The van der Waals surface area contributed by atoms with Gasteiger partial charge in [-0.15, -0.1) is 12.4 Å². The zero-order valence-corrected chi connectivity index (χ0v) is 12.1. The third kappa shape index (κ3) is 1.81. The van der Waals surface area contributed by atoms with E-state index in [1.807, 2.05) is 0 Å². The highest BCUT2D eigenvalue weighted by molar-refractivity contribution is 6.07. The Labute approximate surface area is 119 Å². The number of rotatable bonds is 0. The number of benzene rings is 1. The maximum absolute atomic E-state index is 4.81. The lowest BCUT2D eigenvalue weighted by Crippen LogP contribution is -2.14. The van der Waals surface area contributed by atoms with E-state index in [1.165, 1.54) is 53.6 Å². The predicted molar refractivity (Wildman–Crippen MR) is 82.9 cm³/mol. The van der Waals surface area contributed by atoms with Gasteiger partial charge in [0.25, 0.3) is 0 Å². The molecule has 2 aromatic rings. The van der Waals surface area contributed by atoms with Crippen molar-refractivity contribution in [1.82, 2.24) is 4.57 Å². The number of aryl methyl sites for hydroxylation is 3. The van der Waals surface area contributed by atoms with Crippen LogP contribution in [0.1, 0.15) is 36.1 Å². The van der Waals surface area contributed by atoms with Gasteiger partial charge in [-0.25, -0.2) is 0 Å². The number of hydrogen-bond acceptors (Lipinski definition) is 1. The van der Waals surface area contributed by atoms with E-state index in [0.29, 0.717) is 0 Å². The molecule has 3 heteroatoms. The van der Waals surface area contributed by atoms with Gasteiger partial charge in [0.05, 0.1) is 11.4 Å². The molecular formula is C16H19ClN2. The smallest absolute Gasteiger partial charge is 0.0664 e. The molecule has 2 nitrogen and oxygen atoms in total. The molecule has 0 saturated heterocycles. The van der Waals surface area contributed by atoms with E-state index in [9.17, 15) is 0 Å². The average Bonchev–Trinajstić information content (AvgIpc) is 2.56. The normalized spacial score (nSPS) is 17.4.